The van der Waals surface area contributed by atoms with Crippen LogP contribution in [-0.2, 0) is 0 Å². The number of rotatable bonds is 12. The maximum absolute atomic E-state index is 5.40. The summed E-state index contributed by atoms with van der Waals surface area (Å²) in [5.74, 6) is 0. The van der Waals surface area contributed by atoms with Crippen LogP contribution in [0.5, 0.6) is 0 Å². The fourth-order valence-electron chi connectivity index (χ4n) is 2.05. The minimum atomic E-state index is 0.706. The van der Waals surface area contributed by atoms with Crippen molar-refractivity contribution in [2.45, 2.75) is 0 Å². The van der Waals surface area contributed by atoms with Crippen molar-refractivity contribution in [3.05, 3.63) is 0 Å². The van der Waals surface area contributed by atoms with Crippen molar-refractivity contribution in [1.82, 2.24) is 26.2 Å². The molecule has 1 heterocycles. The van der Waals surface area contributed by atoms with Crippen molar-refractivity contribution in [2.24, 2.45) is 17.2 Å². The van der Waals surface area contributed by atoms with Gasteiger partial charge < -0.3 is 38.5 Å². The van der Waals surface area contributed by atoms with Gasteiger partial charge in [0.25, 0.3) is 0 Å². The number of nitrogens with two attached hydrogens (primary N) is 3. The highest BCUT2D eigenvalue weighted by Crippen LogP contribution is 1.88. The summed E-state index contributed by atoms with van der Waals surface area (Å²) >= 11 is 0. The monoisotopic (exact) mass is 318 g/mol. The van der Waals surface area contributed by atoms with E-state index >= 15 is 0 Å². The summed E-state index contributed by atoms with van der Waals surface area (Å²) in [6.07, 6.45) is 0. The van der Waals surface area contributed by atoms with E-state index in [2.05, 4.69) is 26.2 Å². The van der Waals surface area contributed by atoms with Crippen LogP contribution in [0.25, 0.3) is 0 Å². The van der Waals surface area contributed by atoms with Gasteiger partial charge in [0.15, 0.2) is 0 Å². The summed E-state index contributed by atoms with van der Waals surface area (Å²) in [4.78, 5) is 2.39. The molecule has 0 spiro atoms. The molecule has 22 heavy (non-hydrogen) atoms. The van der Waals surface area contributed by atoms with Crippen LogP contribution in [0.4, 0.5) is 0 Å². The summed E-state index contributed by atoms with van der Waals surface area (Å²) in [6.45, 7) is 13.6. The van der Waals surface area contributed by atoms with Crippen molar-refractivity contribution in [3.63, 3.8) is 0 Å². The first-order valence-corrected chi connectivity index (χ1v) is 8.50. The molecule has 8 heteroatoms. The normalized spacial score (nSPS) is 15.4. The average Bonchev–Trinajstić information content (AvgIpc) is 2.55. The average molecular weight is 319 g/mol. The highest BCUT2D eigenvalue weighted by molar-refractivity contribution is 4.66. The first kappa shape index (κ1) is 21.7. The lowest BCUT2D eigenvalue weighted by Crippen LogP contribution is -2.45. The first-order chi connectivity index (χ1) is 10.8. The van der Waals surface area contributed by atoms with Crippen molar-refractivity contribution < 1.29 is 0 Å². The largest absolute Gasteiger partial charge is 0.329 e. The quantitative estimate of drug-likeness (QED) is 0.185. The highest BCUT2D eigenvalue weighted by atomic mass is 15.2. The lowest BCUT2D eigenvalue weighted by atomic mass is 10.3. The van der Waals surface area contributed by atoms with E-state index in [-0.39, 0.29) is 0 Å². The van der Waals surface area contributed by atoms with E-state index in [1.807, 2.05) is 0 Å². The molecule has 8 nitrogen and oxygen atoms in total. The minimum Gasteiger partial charge on any atom is -0.329 e. The fraction of sp³-hybridized carbons (Fsp3) is 1.00. The Bertz CT molecular complexity index is 187. The van der Waals surface area contributed by atoms with Crippen LogP contribution in [0.15, 0.2) is 0 Å². The third-order valence-corrected chi connectivity index (χ3v) is 3.25. The van der Waals surface area contributed by atoms with Gasteiger partial charge in [-0.15, -0.1) is 0 Å². The Labute approximate surface area is 135 Å². The van der Waals surface area contributed by atoms with E-state index in [9.17, 15) is 0 Å². The Morgan fingerprint density at radius 1 is 0.682 bits per heavy atom. The third-order valence-electron chi connectivity index (χ3n) is 3.25. The molecule has 0 atom stereocenters. The molecule has 0 aromatic carbocycles. The Hall–Kier alpha value is -0.320. The zero-order valence-corrected chi connectivity index (χ0v) is 14.1. The van der Waals surface area contributed by atoms with Gasteiger partial charge in [-0.3, -0.25) is 4.90 Å². The van der Waals surface area contributed by atoms with Gasteiger partial charge in [0.1, 0.15) is 0 Å². The molecule has 1 aliphatic heterocycles. The lowest BCUT2D eigenvalue weighted by molar-refractivity contribution is 0.247. The summed E-state index contributed by atoms with van der Waals surface area (Å²) < 4.78 is 0. The third kappa shape index (κ3) is 16.1. The van der Waals surface area contributed by atoms with Gasteiger partial charge in [-0.2, -0.15) is 0 Å². The second kappa shape index (κ2) is 18.7. The summed E-state index contributed by atoms with van der Waals surface area (Å²) in [5, 5.41) is 13.0. The Morgan fingerprint density at radius 3 is 1.55 bits per heavy atom. The number of piperazine rings is 1. The van der Waals surface area contributed by atoms with Gasteiger partial charge in [-0.05, 0) is 0 Å². The van der Waals surface area contributed by atoms with Crippen LogP contribution in [-0.4, -0.2) is 96.5 Å². The standard InChI is InChI=1S/C8H23N5.C6H15N3/c9-1-3-11-5-7-13-8-6-12-4-2-10;7-1-4-9-5-2-8-3-6-9/h11-13H,1-10H2;8H,1-7H2. The maximum Gasteiger partial charge on any atom is 0.0108 e. The molecule has 0 radical (unpaired) electrons. The van der Waals surface area contributed by atoms with E-state index in [1.54, 1.807) is 0 Å². The smallest absolute Gasteiger partial charge is 0.0108 e. The molecule has 134 valence electrons. The van der Waals surface area contributed by atoms with E-state index in [0.29, 0.717) is 13.1 Å². The van der Waals surface area contributed by atoms with E-state index in [4.69, 9.17) is 17.2 Å². The van der Waals surface area contributed by atoms with Gasteiger partial charge in [0, 0.05) is 91.6 Å². The number of nitrogens with one attached hydrogen (secondary N) is 4. The van der Waals surface area contributed by atoms with E-state index in [1.165, 1.54) is 0 Å². The number of hydrogen-bond donors (Lipinski definition) is 7. The van der Waals surface area contributed by atoms with Crippen molar-refractivity contribution in [1.29, 1.82) is 0 Å². The van der Waals surface area contributed by atoms with Crippen molar-refractivity contribution in [3.8, 4) is 0 Å². The van der Waals surface area contributed by atoms with Crippen molar-refractivity contribution >= 4 is 0 Å². The minimum absolute atomic E-state index is 0.706. The second-order valence-electron chi connectivity index (χ2n) is 5.21. The van der Waals surface area contributed by atoms with Crippen LogP contribution in [0.3, 0.4) is 0 Å². The van der Waals surface area contributed by atoms with Crippen molar-refractivity contribution in [2.75, 3.05) is 91.6 Å². The van der Waals surface area contributed by atoms with Crippen LogP contribution in [0, 0.1) is 0 Å². The van der Waals surface area contributed by atoms with Gasteiger partial charge in [0.2, 0.25) is 0 Å². The van der Waals surface area contributed by atoms with Gasteiger partial charge >= 0.3 is 0 Å². The van der Waals surface area contributed by atoms with Crippen LogP contribution in [0.2, 0.25) is 0 Å². The molecular formula is C14H38N8. The lowest BCUT2D eigenvalue weighted by Gasteiger charge is -2.26. The van der Waals surface area contributed by atoms with E-state index in [0.717, 1.165) is 78.5 Å². The number of nitrogens with zero attached hydrogens (tertiary/aromatic N) is 1. The Morgan fingerprint density at radius 2 is 1.14 bits per heavy atom. The SMILES string of the molecule is NCCN1CCNCC1.NCCNCCNCCNCCN. The molecule has 0 aromatic rings. The zero-order valence-electron chi connectivity index (χ0n) is 14.1. The molecule has 1 fully saturated rings. The molecule has 0 saturated carbocycles. The fourth-order valence-corrected chi connectivity index (χ4v) is 2.05. The summed E-state index contributed by atoms with van der Waals surface area (Å²) in [5.41, 5.74) is 16.0. The Kier molecular flexibility index (Phi) is 18.5. The zero-order chi connectivity index (χ0) is 16.3. The van der Waals surface area contributed by atoms with E-state index < -0.39 is 0 Å². The molecule has 1 saturated heterocycles. The molecule has 10 N–H and O–H groups in total. The first-order valence-electron chi connectivity index (χ1n) is 8.50. The maximum atomic E-state index is 5.40. The summed E-state index contributed by atoms with van der Waals surface area (Å²) in [6, 6.07) is 0. The molecule has 0 amide bonds. The summed E-state index contributed by atoms with van der Waals surface area (Å²) in [7, 11) is 0. The van der Waals surface area contributed by atoms with Crippen LogP contribution < -0.4 is 38.5 Å². The molecular weight excluding hydrogens is 280 g/mol. The topological polar surface area (TPSA) is 129 Å². The Balaban J connectivity index is 0.000000425. The van der Waals surface area contributed by atoms with Gasteiger partial charge in [0.05, 0.1) is 0 Å². The molecule has 1 rings (SSSR count). The van der Waals surface area contributed by atoms with Gasteiger partial charge in [-0.25, -0.2) is 0 Å². The molecule has 0 bridgehead atoms. The molecule has 0 aromatic heterocycles. The van der Waals surface area contributed by atoms with Gasteiger partial charge in [-0.1, -0.05) is 0 Å². The molecule has 0 unspecified atom stereocenters. The van der Waals surface area contributed by atoms with Crippen LogP contribution >= 0.6 is 0 Å². The second-order valence-corrected chi connectivity index (χ2v) is 5.21. The predicted molar refractivity (Wildman–Crippen MR) is 95.1 cm³/mol. The predicted octanol–water partition coefficient (Wildman–Crippen LogP) is -3.48. The highest BCUT2D eigenvalue weighted by Gasteiger charge is 2.06. The van der Waals surface area contributed by atoms with Crippen LogP contribution in [0.1, 0.15) is 0 Å². The number of hydrogen-bond acceptors (Lipinski definition) is 8. The molecule has 1 aliphatic rings. The molecule has 0 aliphatic carbocycles.